The number of aliphatic imine (C=N–C) groups is 1. The molecule has 0 radical (unpaired) electrons. The highest BCUT2D eigenvalue weighted by Crippen LogP contribution is 2.18. The number of pyridine rings is 1. The molecule has 1 atom stereocenters. The maximum Gasteiger partial charge on any atom is 0.154 e. The average Bonchev–Trinajstić information content (AvgIpc) is 2.63. The third kappa shape index (κ3) is 2.48. The van der Waals surface area contributed by atoms with Crippen LogP contribution in [0.2, 0.25) is 0 Å². The number of nitrogens with two attached hydrogens (primary N) is 1. The highest BCUT2D eigenvalue weighted by molar-refractivity contribution is 8.14. The summed E-state index contributed by atoms with van der Waals surface area (Å²) in [4.78, 5) is 8.61. The van der Waals surface area contributed by atoms with E-state index in [9.17, 15) is 0 Å². The summed E-state index contributed by atoms with van der Waals surface area (Å²) in [6.07, 6.45) is 3.87. The number of thioether (sulfide) groups is 1. The number of aromatic nitrogens is 1. The molecule has 2 heterocycles. The van der Waals surface area contributed by atoms with Crippen LogP contribution in [0.25, 0.3) is 0 Å². The highest BCUT2D eigenvalue weighted by Gasteiger charge is 2.15. The molecule has 1 aromatic heterocycles. The van der Waals surface area contributed by atoms with Crippen LogP contribution in [0.4, 0.5) is 0 Å². The molecule has 1 unspecified atom stereocenters. The predicted molar refractivity (Wildman–Crippen MR) is 60.4 cm³/mol. The number of aryl methyl sites for hydroxylation is 1. The van der Waals surface area contributed by atoms with Crippen molar-refractivity contribution in [3.05, 3.63) is 30.1 Å². The molecule has 0 aromatic carbocycles. The van der Waals surface area contributed by atoms with Crippen LogP contribution in [0.3, 0.4) is 0 Å². The molecular weight excluding hydrogens is 194 g/mol. The number of amidine groups is 1. The van der Waals surface area contributed by atoms with Crippen LogP contribution in [-0.2, 0) is 6.42 Å². The lowest BCUT2D eigenvalue weighted by Crippen LogP contribution is -2.06. The molecule has 0 spiro atoms. The van der Waals surface area contributed by atoms with Gasteiger partial charge >= 0.3 is 0 Å². The van der Waals surface area contributed by atoms with E-state index in [1.807, 2.05) is 18.3 Å². The molecule has 0 saturated heterocycles. The van der Waals surface area contributed by atoms with Gasteiger partial charge in [-0.1, -0.05) is 17.8 Å². The first-order chi connectivity index (χ1) is 6.84. The normalized spacial score (nSPS) is 20.9. The Morgan fingerprint density at radius 1 is 1.50 bits per heavy atom. The van der Waals surface area contributed by atoms with Crippen molar-refractivity contribution in [3.63, 3.8) is 0 Å². The molecule has 74 valence electrons. The topological polar surface area (TPSA) is 51.3 Å². The predicted octanol–water partition coefficient (Wildman–Crippen LogP) is 1.44. The van der Waals surface area contributed by atoms with Crippen molar-refractivity contribution >= 4 is 16.9 Å². The SMILES string of the molecule is NC1=NC(CCc2ccccn2)CS1. The minimum Gasteiger partial charge on any atom is -0.379 e. The van der Waals surface area contributed by atoms with Gasteiger partial charge in [0.2, 0.25) is 0 Å². The molecular formula is C10H13N3S. The summed E-state index contributed by atoms with van der Waals surface area (Å²) >= 11 is 1.65. The maximum absolute atomic E-state index is 5.59. The fourth-order valence-electron chi connectivity index (χ4n) is 1.44. The lowest BCUT2D eigenvalue weighted by Gasteiger charge is -2.04. The quantitative estimate of drug-likeness (QED) is 0.816. The van der Waals surface area contributed by atoms with Gasteiger partial charge in [-0.2, -0.15) is 0 Å². The van der Waals surface area contributed by atoms with Crippen molar-refractivity contribution in [2.45, 2.75) is 18.9 Å². The number of nitrogens with zero attached hydrogens (tertiary/aromatic N) is 2. The van der Waals surface area contributed by atoms with Gasteiger partial charge in [0.15, 0.2) is 5.17 Å². The van der Waals surface area contributed by atoms with E-state index < -0.39 is 0 Å². The zero-order valence-electron chi connectivity index (χ0n) is 7.89. The second-order valence-corrected chi connectivity index (χ2v) is 4.33. The van der Waals surface area contributed by atoms with Gasteiger partial charge in [0.1, 0.15) is 0 Å². The van der Waals surface area contributed by atoms with Crippen LogP contribution in [-0.4, -0.2) is 21.9 Å². The molecule has 0 amide bonds. The maximum atomic E-state index is 5.59. The van der Waals surface area contributed by atoms with Gasteiger partial charge in [0.05, 0.1) is 6.04 Å². The lowest BCUT2D eigenvalue weighted by atomic mass is 10.1. The second-order valence-electron chi connectivity index (χ2n) is 3.29. The molecule has 1 aromatic rings. The second kappa shape index (κ2) is 4.46. The van der Waals surface area contributed by atoms with E-state index in [1.165, 1.54) is 0 Å². The van der Waals surface area contributed by atoms with Crippen molar-refractivity contribution in [1.29, 1.82) is 0 Å². The van der Waals surface area contributed by atoms with Crippen LogP contribution in [0.5, 0.6) is 0 Å². The van der Waals surface area contributed by atoms with Crippen molar-refractivity contribution in [1.82, 2.24) is 4.98 Å². The molecule has 1 aliphatic rings. The largest absolute Gasteiger partial charge is 0.379 e. The van der Waals surface area contributed by atoms with Crippen molar-refractivity contribution in [2.75, 3.05) is 5.75 Å². The fourth-order valence-corrected chi connectivity index (χ4v) is 2.27. The standard InChI is InChI=1S/C10H13N3S/c11-10-13-9(7-14-10)5-4-8-3-1-2-6-12-8/h1-3,6,9H,4-5,7H2,(H2,11,13). The van der Waals surface area contributed by atoms with Gasteiger partial charge in [-0.05, 0) is 25.0 Å². The van der Waals surface area contributed by atoms with E-state index in [0.29, 0.717) is 6.04 Å². The summed E-state index contributed by atoms with van der Waals surface area (Å²) in [6.45, 7) is 0. The Hall–Kier alpha value is -1.03. The fraction of sp³-hybridized carbons (Fsp3) is 0.400. The molecule has 4 heteroatoms. The monoisotopic (exact) mass is 207 g/mol. The zero-order chi connectivity index (χ0) is 9.80. The Kier molecular flexibility index (Phi) is 3.03. The molecule has 0 bridgehead atoms. The van der Waals surface area contributed by atoms with Gasteiger partial charge in [-0.3, -0.25) is 9.98 Å². The molecule has 1 aliphatic heterocycles. The summed E-state index contributed by atoms with van der Waals surface area (Å²) < 4.78 is 0. The Labute approximate surface area is 87.8 Å². The highest BCUT2D eigenvalue weighted by atomic mass is 32.2. The summed E-state index contributed by atoms with van der Waals surface area (Å²) in [7, 11) is 0. The molecule has 0 saturated carbocycles. The van der Waals surface area contributed by atoms with Gasteiger partial charge in [0, 0.05) is 17.6 Å². The Morgan fingerprint density at radius 3 is 3.07 bits per heavy atom. The first kappa shape index (κ1) is 9.52. The van der Waals surface area contributed by atoms with Crippen LogP contribution < -0.4 is 5.73 Å². The number of rotatable bonds is 3. The Bertz CT molecular complexity index is 323. The van der Waals surface area contributed by atoms with Crippen LogP contribution in [0.1, 0.15) is 12.1 Å². The van der Waals surface area contributed by atoms with Crippen molar-refractivity contribution < 1.29 is 0 Å². The molecule has 0 fully saturated rings. The van der Waals surface area contributed by atoms with E-state index in [1.54, 1.807) is 11.8 Å². The van der Waals surface area contributed by atoms with Gasteiger partial charge in [-0.25, -0.2) is 0 Å². The minimum atomic E-state index is 0.391. The van der Waals surface area contributed by atoms with Crippen molar-refractivity contribution in [3.8, 4) is 0 Å². The third-order valence-electron chi connectivity index (χ3n) is 2.19. The Morgan fingerprint density at radius 2 is 2.43 bits per heavy atom. The van der Waals surface area contributed by atoms with E-state index >= 15 is 0 Å². The summed E-state index contributed by atoms with van der Waals surface area (Å²) in [5.41, 5.74) is 6.73. The number of hydrogen-bond acceptors (Lipinski definition) is 4. The van der Waals surface area contributed by atoms with E-state index in [2.05, 4.69) is 16.0 Å². The molecule has 2 rings (SSSR count). The van der Waals surface area contributed by atoms with E-state index in [4.69, 9.17) is 5.73 Å². The summed E-state index contributed by atoms with van der Waals surface area (Å²) in [5, 5.41) is 0.732. The average molecular weight is 207 g/mol. The lowest BCUT2D eigenvalue weighted by molar-refractivity contribution is 0.676. The molecule has 2 N–H and O–H groups in total. The van der Waals surface area contributed by atoms with Gasteiger partial charge in [-0.15, -0.1) is 0 Å². The molecule has 14 heavy (non-hydrogen) atoms. The van der Waals surface area contributed by atoms with E-state index in [0.717, 1.165) is 29.5 Å². The minimum absolute atomic E-state index is 0.391. The van der Waals surface area contributed by atoms with Crippen LogP contribution >= 0.6 is 11.8 Å². The van der Waals surface area contributed by atoms with Crippen LogP contribution in [0.15, 0.2) is 29.4 Å². The van der Waals surface area contributed by atoms with Gasteiger partial charge < -0.3 is 5.73 Å². The first-order valence-corrected chi connectivity index (χ1v) is 5.69. The first-order valence-electron chi connectivity index (χ1n) is 4.70. The number of hydrogen-bond donors (Lipinski definition) is 1. The van der Waals surface area contributed by atoms with E-state index in [-0.39, 0.29) is 0 Å². The van der Waals surface area contributed by atoms with Gasteiger partial charge in [0.25, 0.3) is 0 Å². The summed E-state index contributed by atoms with van der Waals surface area (Å²) in [6, 6.07) is 6.39. The zero-order valence-corrected chi connectivity index (χ0v) is 8.70. The third-order valence-corrected chi connectivity index (χ3v) is 3.15. The summed E-state index contributed by atoms with van der Waals surface area (Å²) in [5.74, 6) is 1.03. The molecule has 0 aliphatic carbocycles. The van der Waals surface area contributed by atoms with Crippen LogP contribution in [0, 0.1) is 0 Å². The Balaban J connectivity index is 1.84. The van der Waals surface area contributed by atoms with Crippen molar-refractivity contribution in [2.24, 2.45) is 10.7 Å². The molecule has 3 nitrogen and oxygen atoms in total. The smallest absolute Gasteiger partial charge is 0.154 e.